The van der Waals surface area contributed by atoms with E-state index < -0.39 is 0 Å². The van der Waals surface area contributed by atoms with Crippen LogP contribution < -0.4 is 10.1 Å². The number of pyridine rings is 1. The lowest BCUT2D eigenvalue weighted by Crippen LogP contribution is -2.23. The average molecular weight is 291 g/mol. The van der Waals surface area contributed by atoms with Crippen molar-refractivity contribution in [2.24, 2.45) is 0 Å². The van der Waals surface area contributed by atoms with Gasteiger partial charge in [-0.2, -0.15) is 0 Å². The van der Waals surface area contributed by atoms with Crippen LogP contribution >= 0.6 is 11.6 Å². The lowest BCUT2D eigenvalue weighted by atomic mass is 9.99. The molecule has 106 valence electrons. The third kappa shape index (κ3) is 3.50. The Kier molecular flexibility index (Phi) is 5.39. The van der Waals surface area contributed by atoms with E-state index in [9.17, 15) is 0 Å². The molecule has 0 bridgehead atoms. The van der Waals surface area contributed by atoms with Crippen molar-refractivity contribution in [3.63, 3.8) is 0 Å². The standard InChI is InChI=1S/C16H19ClN2O/c1-3-10-18-15(12-6-8-13(17)9-7-12)14-5-4-11-19-16(14)20-2/h4-9,11,15,18H,3,10H2,1-2H3. The van der Waals surface area contributed by atoms with Crippen molar-refractivity contribution in [2.75, 3.05) is 13.7 Å². The summed E-state index contributed by atoms with van der Waals surface area (Å²) in [7, 11) is 1.64. The molecule has 2 aromatic rings. The Labute approximate surface area is 124 Å². The molecule has 0 amide bonds. The molecule has 0 spiro atoms. The second-order valence-corrected chi connectivity index (χ2v) is 4.98. The fourth-order valence-electron chi connectivity index (χ4n) is 2.14. The quantitative estimate of drug-likeness (QED) is 0.878. The first kappa shape index (κ1) is 14.8. The van der Waals surface area contributed by atoms with Gasteiger partial charge in [0.05, 0.1) is 13.2 Å². The molecule has 2 rings (SSSR count). The van der Waals surface area contributed by atoms with Crippen LogP contribution in [0.3, 0.4) is 0 Å². The summed E-state index contributed by atoms with van der Waals surface area (Å²) in [6, 6.07) is 11.9. The first-order chi connectivity index (χ1) is 9.76. The molecule has 1 aromatic heterocycles. The van der Waals surface area contributed by atoms with Crippen LogP contribution in [0.1, 0.15) is 30.5 Å². The number of halogens is 1. The molecule has 20 heavy (non-hydrogen) atoms. The fraction of sp³-hybridized carbons (Fsp3) is 0.312. The van der Waals surface area contributed by atoms with Crippen LogP contribution in [0.5, 0.6) is 5.88 Å². The first-order valence-electron chi connectivity index (χ1n) is 6.74. The van der Waals surface area contributed by atoms with Gasteiger partial charge in [0.2, 0.25) is 5.88 Å². The summed E-state index contributed by atoms with van der Waals surface area (Å²) in [5, 5.41) is 4.27. The topological polar surface area (TPSA) is 34.2 Å². The molecular weight excluding hydrogens is 272 g/mol. The van der Waals surface area contributed by atoms with Crippen molar-refractivity contribution in [2.45, 2.75) is 19.4 Å². The Bertz CT molecular complexity index is 542. The van der Waals surface area contributed by atoms with Gasteiger partial charge in [0.1, 0.15) is 0 Å². The first-order valence-corrected chi connectivity index (χ1v) is 7.11. The van der Waals surface area contributed by atoms with Crippen LogP contribution in [-0.2, 0) is 0 Å². The van der Waals surface area contributed by atoms with Gasteiger partial charge in [-0.05, 0) is 36.7 Å². The molecule has 0 radical (unpaired) electrons. The van der Waals surface area contributed by atoms with Gasteiger partial charge in [-0.15, -0.1) is 0 Å². The number of hydrogen-bond donors (Lipinski definition) is 1. The summed E-state index contributed by atoms with van der Waals surface area (Å²) in [4.78, 5) is 4.28. The van der Waals surface area contributed by atoms with Crippen LogP contribution in [0.25, 0.3) is 0 Å². The van der Waals surface area contributed by atoms with Gasteiger partial charge < -0.3 is 10.1 Å². The number of nitrogens with zero attached hydrogens (tertiary/aromatic N) is 1. The zero-order chi connectivity index (χ0) is 14.4. The summed E-state index contributed by atoms with van der Waals surface area (Å²) in [5.41, 5.74) is 2.18. The summed E-state index contributed by atoms with van der Waals surface area (Å²) < 4.78 is 5.37. The lowest BCUT2D eigenvalue weighted by molar-refractivity contribution is 0.387. The smallest absolute Gasteiger partial charge is 0.218 e. The minimum absolute atomic E-state index is 0.0517. The lowest BCUT2D eigenvalue weighted by Gasteiger charge is -2.21. The van der Waals surface area contributed by atoms with Crippen molar-refractivity contribution in [3.8, 4) is 5.88 Å². The monoisotopic (exact) mass is 290 g/mol. The van der Waals surface area contributed by atoms with Crippen LogP contribution in [0.2, 0.25) is 5.02 Å². The SMILES string of the molecule is CCCNC(c1ccc(Cl)cc1)c1cccnc1OC. The number of rotatable bonds is 6. The number of benzene rings is 1. The number of aromatic nitrogens is 1. The minimum atomic E-state index is 0.0517. The molecule has 0 aliphatic rings. The molecule has 0 saturated carbocycles. The summed E-state index contributed by atoms with van der Waals surface area (Å²) in [5.74, 6) is 0.649. The Morgan fingerprint density at radius 3 is 2.65 bits per heavy atom. The Morgan fingerprint density at radius 2 is 2.00 bits per heavy atom. The molecule has 1 atom stereocenters. The molecule has 1 aromatic carbocycles. The molecule has 0 fully saturated rings. The molecule has 0 aliphatic heterocycles. The Hall–Kier alpha value is -1.58. The number of methoxy groups -OCH3 is 1. The summed E-state index contributed by atoms with van der Waals surface area (Å²) in [6.45, 7) is 3.07. The number of hydrogen-bond acceptors (Lipinski definition) is 3. The van der Waals surface area contributed by atoms with Gasteiger partial charge >= 0.3 is 0 Å². The second-order valence-electron chi connectivity index (χ2n) is 4.54. The largest absolute Gasteiger partial charge is 0.481 e. The Balaban J connectivity index is 2.38. The maximum Gasteiger partial charge on any atom is 0.218 e. The molecule has 1 heterocycles. The predicted molar refractivity (Wildman–Crippen MR) is 82.4 cm³/mol. The summed E-state index contributed by atoms with van der Waals surface area (Å²) >= 11 is 5.97. The van der Waals surface area contributed by atoms with Crippen LogP contribution in [0.15, 0.2) is 42.6 Å². The zero-order valence-electron chi connectivity index (χ0n) is 11.8. The van der Waals surface area contributed by atoms with Gasteiger partial charge in [0.15, 0.2) is 0 Å². The van der Waals surface area contributed by atoms with Crippen LogP contribution in [0, 0.1) is 0 Å². The molecule has 1 unspecified atom stereocenters. The highest BCUT2D eigenvalue weighted by atomic mass is 35.5. The van der Waals surface area contributed by atoms with E-state index in [4.69, 9.17) is 16.3 Å². The van der Waals surface area contributed by atoms with Crippen LogP contribution in [-0.4, -0.2) is 18.6 Å². The van der Waals surface area contributed by atoms with Crippen molar-refractivity contribution < 1.29 is 4.74 Å². The van der Waals surface area contributed by atoms with Crippen molar-refractivity contribution >= 4 is 11.6 Å². The Morgan fingerprint density at radius 1 is 1.25 bits per heavy atom. The van der Waals surface area contributed by atoms with E-state index >= 15 is 0 Å². The average Bonchev–Trinajstić information content (AvgIpc) is 2.50. The van der Waals surface area contributed by atoms with E-state index in [2.05, 4.69) is 17.2 Å². The van der Waals surface area contributed by atoms with Crippen molar-refractivity contribution in [3.05, 3.63) is 58.7 Å². The van der Waals surface area contributed by atoms with Gasteiger partial charge in [-0.25, -0.2) is 4.98 Å². The molecular formula is C16H19ClN2O. The van der Waals surface area contributed by atoms with Gasteiger partial charge in [0, 0.05) is 16.8 Å². The van der Waals surface area contributed by atoms with Crippen molar-refractivity contribution in [1.82, 2.24) is 10.3 Å². The van der Waals surface area contributed by atoms with Gasteiger partial charge in [0.25, 0.3) is 0 Å². The maximum atomic E-state index is 5.97. The van der Waals surface area contributed by atoms with Gasteiger partial charge in [-0.3, -0.25) is 0 Å². The highest BCUT2D eigenvalue weighted by Crippen LogP contribution is 2.28. The number of ether oxygens (including phenoxy) is 1. The van der Waals surface area contributed by atoms with E-state index in [1.165, 1.54) is 0 Å². The van der Waals surface area contributed by atoms with Crippen LogP contribution in [0.4, 0.5) is 0 Å². The molecule has 1 N–H and O–H groups in total. The van der Waals surface area contributed by atoms with E-state index in [1.807, 2.05) is 36.4 Å². The van der Waals surface area contributed by atoms with E-state index in [1.54, 1.807) is 13.3 Å². The van der Waals surface area contributed by atoms with E-state index in [0.717, 1.165) is 29.1 Å². The second kappa shape index (κ2) is 7.27. The van der Waals surface area contributed by atoms with E-state index in [0.29, 0.717) is 5.88 Å². The zero-order valence-corrected chi connectivity index (χ0v) is 12.5. The normalized spacial score (nSPS) is 12.2. The van der Waals surface area contributed by atoms with Gasteiger partial charge in [-0.1, -0.05) is 36.7 Å². The fourth-order valence-corrected chi connectivity index (χ4v) is 2.27. The number of nitrogens with one attached hydrogen (secondary N) is 1. The highest BCUT2D eigenvalue weighted by Gasteiger charge is 2.18. The molecule has 0 saturated heterocycles. The summed E-state index contributed by atoms with van der Waals surface area (Å²) in [6.07, 6.45) is 2.80. The van der Waals surface area contributed by atoms with E-state index in [-0.39, 0.29) is 6.04 Å². The third-order valence-corrected chi connectivity index (χ3v) is 3.36. The maximum absolute atomic E-state index is 5.97. The van der Waals surface area contributed by atoms with Crippen molar-refractivity contribution in [1.29, 1.82) is 0 Å². The predicted octanol–water partition coefficient (Wildman–Crippen LogP) is 3.83. The molecule has 4 heteroatoms. The molecule has 3 nitrogen and oxygen atoms in total. The minimum Gasteiger partial charge on any atom is -0.481 e. The highest BCUT2D eigenvalue weighted by molar-refractivity contribution is 6.30. The molecule has 0 aliphatic carbocycles. The third-order valence-electron chi connectivity index (χ3n) is 3.11.